The van der Waals surface area contributed by atoms with Gasteiger partial charge in [-0.3, -0.25) is 4.98 Å². The van der Waals surface area contributed by atoms with Crippen LogP contribution in [0.3, 0.4) is 0 Å². The minimum Gasteiger partial charge on any atom is -0.472 e. The summed E-state index contributed by atoms with van der Waals surface area (Å²) in [6.07, 6.45) is 3.12. The molecule has 0 atom stereocenters. The van der Waals surface area contributed by atoms with Crippen molar-refractivity contribution in [2.45, 2.75) is 39.3 Å². The van der Waals surface area contributed by atoms with Gasteiger partial charge >= 0.3 is 0 Å². The Morgan fingerprint density at radius 3 is 2.38 bits per heavy atom. The van der Waals surface area contributed by atoms with Crippen LogP contribution < -0.4 is 15.0 Å². The fraction of sp³-hybridized carbons (Fsp3) is 0.407. The van der Waals surface area contributed by atoms with Gasteiger partial charge in [0.25, 0.3) is 6.43 Å². The Morgan fingerprint density at radius 2 is 1.78 bits per heavy atom. The molecule has 0 aromatic carbocycles. The molecule has 3 aromatic heterocycles. The summed E-state index contributed by atoms with van der Waals surface area (Å²) >= 11 is 0. The number of alkyl halides is 2. The Hall–Kier alpha value is -3.82. The van der Waals surface area contributed by atoms with Crippen molar-refractivity contribution < 1.29 is 13.5 Å². The van der Waals surface area contributed by atoms with Crippen LogP contribution in [0, 0.1) is 5.41 Å². The van der Waals surface area contributed by atoms with E-state index in [1.807, 2.05) is 6.20 Å². The van der Waals surface area contributed by atoms with Gasteiger partial charge in [0.05, 0.1) is 0 Å². The van der Waals surface area contributed by atoms with E-state index in [4.69, 9.17) is 4.74 Å². The third-order valence-corrected chi connectivity index (χ3v) is 7.12. The smallest absolute Gasteiger partial charge is 0.280 e. The molecule has 3 aromatic rings. The normalized spacial score (nSPS) is 16.5. The first-order valence-corrected chi connectivity index (χ1v) is 12.4. The number of nitrogens with zero attached hydrogens (tertiary/aromatic N) is 6. The minimum absolute atomic E-state index is 0.168. The standard InChI is InChI=1S/C27H31F2N7O/c1-19(2)35-11-9-27(10-12-35)17-36(18-27)24-7-4-20(14-32-24)13-31-23-6-8-25(34-33-23)37-16-21-3-5-22(26(28)29)30-15-21/h3-8,14-15,26H,1,9-13,16-18H2,2H3,(H,31,33). The van der Waals surface area contributed by atoms with Crippen molar-refractivity contribution >= 4 is 11.6 Å². The summed E-state index contributed by atoms with van der Waals surface area (Å²) in [7, 11) is 0. The van der Waals surface area contributed by atoms with Crippen molar-refractivity contribution in [3.05, 3.63) is 77.9 Å². The third-order valence-electron chi connectivity index (χ3n) is 7.12. The molecule has 10 heteroatoms. The molecule has 1 spiro atoms. The third kappa shape index (κ3) is 5.95. The molecule has 0 amide bonds. The molecule has 0 unspecified atom stereocenters. The lowest BCUT2D eigenvalue weighted by Crippen LogP contribution is -2.60. The number of allylic oxidation sites excluding steroid dienone is 1. The van der Waals surface area contributed by atoms with E-state index in [0.717, 1.165) is 37.6 Å². The van der Waals surface area contributed by atoms with Gasteiger partial charge < -0.3 is 19.9 Å². The summed E-state index contributed by atoms with van der Waals surface area (Å²) in [6.45, 7) is 11.3. The average molecular weight is 508 g/mol. The number of hydrogen-bond acceptors (Lipinski definition) is 8. The number of piperidine rings is 1. The summed E-state index contributed by atoms with van der Waals surface area (Å²) in [6, 6.07) is 10.5. The van der Waals surface area contributed by atoms with Crippen molar-refractivity contribution in [3.8, 4) is 5.88 Å². The van der Waals surface area contributed by atoms with Crippen molar-refractivity contribution in [2.24, 2.45) is 5.41 Å². The first-order valence-electron chi connectivity index (χ1n) is 12.4. The first kappa shape index (κ1) is 24.9. The molecule has 5 heterocycles. The molecule has 2 aliphatic rings. The van der Waals surface area contributed by atoms with Crippen LogP contribution in [0.5, 0.6) is 5.88 Å². The van der Waals surface area contributed by atoms with E-state index in [0.29, 0.717) is 29.2 Å². The molecule has 1 N–H and O–H groups in total. The van der Waals surface area contributed by atoms with E-state index < -0.39 is 6.43 Å². The quantitative estimate of drug-likeness (QED) is 0.441. The van der Waals surface area contributed by atoms with Gasteiger partial charge in [0.15, 0.2) is 0 Å². The summed E-state index contributed by atoms with van der Waals surface area (Å²) in [5, 5.41) is 11.4. The summed E-state index contributed by atoms with van der Waals surface area (Å²) in [5.74, 6) is 1.98. The first-order chi connectivity index (χ1) is 17.9. The van der Waals surface area contributed by atoms with E-state index in [2.05, 4.69) is 60.9 Å². The second kappa shape index (κ2) is 10.7. The van der Waals surface area contributed by atoms with Gasteiger partial charge in [0.2, 0.25) is 5.88 Å². The van der Waals surface area contributed by atoms with E-state index in [1.54, 1.807) is 18.2 Å². The Kier molecular flexibility index (Phi) is 7.16. The van der Waals surface area contributed by atoms with E-state index in [1.165, 1.54) is 30.8 Å². The van der Waals surface area contributed by atoms with Crippen LogP contribution in [-0.2, 0) is 13.2 Å². The molecule has 8 nitrogen and oxygen atoms in total. The zero-order chi connectivity index (χ0) is 25.8. The summed E-state index contributed by atoms with van der Waals surface area (Å²) in [5.41, 5.74) is 3.06. The number of nitrogens with one attached hydrogen (secondary N) is 1. The fourth-order valence-electron chi connectivity index (χ4n) is 4.80. The lowest BCUT2D eigenvalue weighted by Gasteiger charge is -2.54. The zero-order valence-electron chi connectivity index (χ0n) is 20.9. The largest absolute Gasteiger partial charge is 0.472 e. The van der Waals surface area contributed by atoms with E-state index in [-0.39, 0.29) is 12.3 Å². The van der Waals surface area contributed by atoms with Crippen molar-refractivity contribution in [2.75, 3.05) is 36.4 Å². The van der Waals surface area contributed by atoms with Gasteiger partial charge in [-0.1, -0.05) is 18.7 Å². The molecule has 0 aliphatic carbocycles. The predicted molar refractivity (Wildman–Crippen MR) is 137 cm³/mol. The number of anilines is 2. The molecule has 0 radical (unpaired) electrons. The van der Waals surface area contributed by atoms with Crippen LogP contribution in [0.2, 0.25) is 0 Å². The Balaban J connectivity index is 1.05. The predicted octanol–water partition coefficient (Wildman–Crippen LogP) is 4.83. The number of halogens is 2. The molecular formula is C27H31F2N7O. The van der Waals surface area contributed by atoms with Gasteiger partial charge in [-0.2, -0.15) is 0 Å². The second-order valence-electron chi connectivity index (χ2n) is 9.89. The SMILES string of the molecule is C=C(C)N1CCC2(CC1)CN(c1ccc(CNc3ccc(OCc4ccc(C(F)F)nc4)nn3)cn1)C2. The highest BCUT2D eigenvalue weighted by Gasteiger charge is 2.45. The van der Waals surface area contributed by atoms with Gasteiger partial charge in [0.1, 0.15) is 23.9 Å². The van der Waals surface area contributed by atoms with Crippen LogP contribution >= 0.6 is 0 Å². The molecular weight excluding hydrogens is 476 g/mol. The van der Waals surface area contributed by atoms with Crippen LogP contribution in [-0.4, -0.2) is 51.2 Å². The Morgan fingerprint density at radius 1 is 1.03 bits per heavy atom. The van der Waals surface area contributed by atoms with Gasteiger partial charge in [0, 0.05) is 67.9 Å². The topological polar surface area (TPSA) is 79.3 Å². The second-order valence-corrected chi connectivity index (χ2v) is 9.89. The molecule has 0 saturated carbocycles. The molecule has 0 bridgehead atoms. The number of likely N-dealkylation sites (tertiary alicyclic amines) is 1. The maximum absolute atomic E-state index is 12.6. The zero-order valence-corrected chi connectivity index (χ0v) is 20.9. The number of rotatable bonds is 9. The molecule has 5 rings (SSSR count). The van der Waals surface area contributed by atoms with Gasteiger partial charge in [-0.05, 0) is 43.5 Å². The van der Waals surface area contributed by atoms with Crippen LogP contribution in [0.4, 0.5) is 20.4 Å². The highest BCUT2D eigenvalue weighted by atomic mass is 19.3. The maximum atomic E-state index is 12.6. The monoisotopic (exact) mass is 507 g/mol. The highest BCUT2D eigenvalue weighted by Crippen LogP contribution is 2.42. The average Bonchev–Trinajstić information content (AvgIpc) is 2.90. The summed E-state index contributed by atoms with van der Waals surface area (Å²) in [4.78, 5) is 13.1. The molecule has 2 saturated heterocycles. The minimum atomic E-state index is -2.58. The summed E-state index contributed by atoms with van der Waals surface area (Å²) < 4.78 is 30.8. The molecule has 2 fully saturated rings. The molecule has 2 aliphatic heterocycles. The fourth-order valence-corrected chi connectivity index (χ4v) is 4.80. The lowest BCUT2D eigenvalue weighted by molar-refractivity contribution is 0.0940. The number of hydrogen-bond donors (Lipinski definition) is 1. The number of pyridine rings is 2. The van der Waals surface area contributed by atoms with Crippen molar-refractivity contribution in [1.29, 1.82) is 0 Å². The van der Waals surface area contributed by atoms with E-state index in [9.17, 15) is 8.78 Å². The number of ether oxygens (including phenoxy) is 1. The molecule has 37 heavy (non-hydrogen) atoms. The van der Waals surface area contributed by atoms with Crippen molar-refractivity contribution in [1.82, 2.24) is 25.1 Å². The van der Waals surface area contributed by atoms with Crippen LogP contribution in [0.15, 0.2) is 61.1 Å². The van der Waals surface area contributed by atoms with Gasteiger partial charge in [-0.25, -0.2) is 13.8 Å². The van der Waals surface area contributed by atoms with Gasteiger partial charge in [-0.15, -0.1) is 10.2 Å². The highest BCUT2D eigenvalue weighted by molar-refractivity contribution is 5.44. The van der Waals surface area contributed by atoms with E-state index >= 15 is 0 Å². The lowest BCUT2D eigenvalue weighted by atomic mass is 9.72. The molecule has 194 valence electrons. The van der Waals surface area contributed by atoms with Crippen LogP contribution in [0.1, 0.15) is 43.0 Å². The number of aromatic nitrogens is 4. The van der Waals surface area contributed by atoms with Crippen molar-refractivity contribution in [3.63, 3.8) is 0 Å². The Labute approximate surface area is 215 Å². The maximum Gasteiger partial charge on any atom is 0.280 e. The van der Waals surface area contributed by atoms with Crippen LogP contribution in [0.25, 0.3) is 0 Å². The Bertz CT molecular complexity index is 1190.